The van der Waals surface area contributed by atoms with Gasteiger partial charge >= 0.3 is 0 Å². The number of nitrogens with one attached hydrogen (secondary N) is 1. The molecule has 1 N–H and O–H groups in total. The summed E-state index contributed by atoms with van der Waals surface area (Å²) < 4.78 is 0.903. The van der Waals surface area contributed by atoms with Crippen LogP contribution in [0, 0.1) is 13.8 Å². The van der Waals surface area contributed by atoms with Gasteiger partial charge in [0.25, 0.3) is 5.91 Å². The van der Waals surface area contributed by atoms with E-state index in [0.29, 0.717) is 12.5 Å². The van der Waals surface area contributed by atoms with Crippen molar-refractivity contribution in [2.24, 2.45) is 0 Å². The van der Waals surface area contributed by atoms with Gasteiger partial charge in [-0.05, 0) is 56.2 Å². The second-order valence-corrected chi connectivity index (χ2v) is 8.12. The van der Waals surface area contributed by atoms with Gasteiger partial charge in [-0.2, -0.15) is 0 Å². The number of nitrogens with zero attached hydrogens (tertiary/aromatic N) is 1. The molecule has 3 rings (SSSR count). The Morgan fingerprint density at radius 3 is 2.37 bits per heavy atom. The number of aryl methyl sites for hydroxylation is 2. The first-order chi connectivity index (χ1) is 13.0. The second kappa shape index (κ2) is 8.71. The third kappa shape index (κ3) is 4.78. The van der Waals surface area contributed by atoms with Crippen LogP contribution in [0.15, 0.2) is 48.5 Å². The predicted octanol–water partition coefficient (Wildman–Crippen LogP) is 5.05. The predicted molar refractivity (Wildman–Crippen MR) is 113 cm³/mol. The molecular formula is C24H33N2O+. The van der Waals surface area contributed by atoms with Gasteiger partial charge in [-0.15, -0.1) is 0 Å². The number of likely N-dealkylation sites (N-methyl/N-ethyl adjacent to an activating group) is 1. The molecule has 2 atom stereocenters. The van der Waals surface area contributed by atoms with E-state index >= 15 is 0 Å². The molecule has 0 radical (unpaired) electrons. The van der Waals surface area contributed by atoms with Crippen molar-refractivity contribution in [1.82, 2.24) is 0 Å². The fourth-order valence-corrected chi connectivity index (χ4v) is 4.50. The first kappa shape index (κ1) is 19.6. The maximum atomic E-state index is 12.9. The lowest BCUT2D eigenvalue weighted by molar-refractivity contribution is -0.918. The van der Waals surface area contributed by atoms with Gasteiger partial charge < -0.3 is 9.80 Å². The maximum absolute atomic E-state index is 12.9. The molecule has 0 aromatic heterocycles. The zero-order chi connectivity index (χ0) is 19.3. The van der Waals surface area contributed by atoms with Crippen LogP contribution in [0.25, 0.3) is 0 Å². The summed E-state index contributed by atoms with van der Waals surface area (Å²) in [5.41, 5.74) is 4.69. The summed E-state index contributed by atoms with van der Waals surface area (Å²) in [6.07, 6.45) is 3.57. The zero-order valence-corrected chi connectivity index (χ0v) is 17.0. The van der Waals surface area contributed by atoms with Crippen molar-refractivity contribution >= 4 is 11.6 Å². The number of anilines is 1. The molecule has 1 saturated heterocycles. The van der Waals surface area contributed by atoms with E-state index in [2.05, 4.69) is 68.6 Å². The largest absolute Gasteiger partial charge is 0.321 e. The lowest BCUT2D eigenvalue weighted by atomic mass is 9.92. The molecule has 3 heteroatoms. The minimum atomic E-state index is 0.146. The van der Waals surface area contributed by atoms with Crippen LogP contribution in [0.2, 0.25) is 0 Å². The number of hydrogen-bond donors (Lipinski definition) is 1. The first-order valence-corrected chi connectivity index (χ1v) is 10.3. The van der Waals surface area contributed by atoms with Gasteiger partial charge in [0.2, 0.25) is 0 Å². The van der Waals surface area contributed by atoms with Crippen LogP contribution in [0.5, 0.6) is 0 Å². The van der Waals surface area contributed by atoms with Crippen molar-refractivity contribution in [2.45, 2.75) is 46.0 Å². The molecule has 3 nitrogen and oxygen atoms in total. The summed E-state index contributed by atoms with van der Waals surface area (Å²) in [4.78, 5) is 12.9. The lowest BCUT2D eigenvalue weighted by Gasteiger charge is -2.36. The topological polar surface area (TPSA) is 29.1 Å². The highest BCUT2D eigenvalue weighted by Crippen LogP contribution is 2.31. The van der Waals surface area contributed by atoms with Crippen molar-refractivity contribution in [3.8, 4) is 0 Å². The minimum absolute atomic E-state index is 0.146. The van der Waals surface area contributed by atoms with Crippen LogP contribution >= 0.6 is 0 Å². The van der Waals surface area contributed by atoms with E-state index in [1.165, 1.54) is 18.4 Å². The molecule has 2 aromatic carbocycles. The summed E-state index contributed by atoms with van der Waals surface area (Å²) >= 11 is 0. The molecule has 1 amide bonds. The number of carbonyl (C=O) groups is 1. The summed E-state index contributed by atoms with van der Waals surface area (Å²) in [5.74, 6) is 0.770. The average molecular weight is 366 g/mol. The molecule has 0 spiro atoms. The van der Waals surface area contributed by atoms with Crippen LogP contribution in [0.3, 0.4) is 0 Å². The molecule has 0 bridgehead atoms. The van der Waals surface area contributed by atoms with Crippen molar-refractivity contribution in [3.63, 3.8) is 0 Å². The number of rotatable bonds is 5. The molecule has 1 heterocycles. The van der Waals surface area contributed by atoms with Crippen molar-refractivity contribution < 1.29 is 9.28 Å². The van der Waals surface area contributed by atoms with Crippen LogP contribution in [-0.2, 0) is 4.79 Å². The molecule has 2 aromatic rings. The zero-order valence-electron chi connectivity index (χ0n) is 17.0. The van der Waals surface area contributed by atoms with Gasteiger partial charge in [-0.25, -0.2) is 0 Å². The van der Waals surface area contributed by atoms with E-state index in [1.54, 1.807) is 0 Å². The highest BCUT2D eigenvalue weighted by atomic mass is 16.2. The third-order valence-electron chi connectivity index (χ3n) is 6.30. The second-order valence-electron chi connectivity index (χ2n) is 8.12. The number of para-hydroxylation sites is 1. The summed E-state index contributed by atoms with van der Waals surface area (Å²) in [6, 6.07) is 17.0. The smallest absolute Gasteiger partial charge is 0.279 e. The Bertz CT molecular complexity index is 751. The van der Waals surface area contributed by atoms with E-state index < -0.39 is 0 Å². The molecule has 144 valence electrons. The van der Waals surface area contributed by atoms with E-state index in [9.17, 15) is 4.79 Å². The van der Waals surface area contributed by atoms with Gasteiger partial charge in [0.05, 0.1) is 19.6 Å². The highest BCUT2D eigenvalue weighted by molar-refractivity contribution is 5.93. The van der Waals surface area contributed by atoms with Crippen LogP contribution < -0.4 is 5.32 Å². The van der Waals surface area contributed by atoms with Crippen molar-refractivity contribution in [1.29, 1.82) is 0 Å². The first-order valence-electron chi connectivity index (χ1n) is 10.3. The van der Waals surface area contributed by atoms with Gasteiger partial charge in [0, 0.05) is 12.1 Å². The number of quaternary nitrogens is 1. The fourth-order valence-electron chi connectivity index (χ4n) is 4.50. The third-order valence-corrected chi connectivity index (χ3v) is 6.30. The Kier molecular flexibility index (Phi) is 6.33. The van der Waals surface area contributed by atoms with E-state index in [-0.39, 0.29) is 5.91 Å². The van der Waals surface area contributed by atoms with E-state index in [4.69, 9.17) is 0 Å². The quantitative estimate of drug-likeness (QED) is 0.739. The fraction of sp³-hybridized carbons (Fsp3) is 0.458. The van der Waals surface area contributed by atoms with Gasteiger partial charge in [0.1, 0.15) is 0 Å². The van der Waals surface area contributed by atoms with Crippen molar-refractivity contribution in [2.75, 3.05) is 31.5 Å². The van der Waals surface area contributed by atoms with E-state index in [0.717, 1.165) is 47.4 Å². The minimum Gasteiger partial charge on any atom is -0.321 e. The Morgan fingerprint density at radius 2 is 1.70 bits per heavy atom. The molecule has 1 fully saturated rings. The maximum Gasteiger partial charge on any atom is 0.279 e. The molecule has 0 saturated carbocycles. The Balaban J connectivity index is 1.67. The summed E-state index contributed by atoms with van der Waals surface area (Å²) in [5, 5.41) is 3.19. The monoisotopic (exact) mass is 365 g/mol. The van der Waals surface area contributed by atoms with Gasteiger partial charge in [-0.1, -0.05) is 48.5 Å². The van der Waals surface area contributed by atoms with Crippen LogP contribution in [0.4, 0.5) is 5.69 Å². The Morgan fingerprint density at radius 1 is 1.00 bits per heavy atom. The Labute approximate surface area is 164 Å². The Hall–Kier alpha value is -2.13. The number of carbonyl (C=O) groups excluding carboxylic acids is 1. The molecule has 27 heavy (non-hydrogen) atoms. The normalized spacial score (nSPS) is 22.9. The number of hydrogen-bond acceptors (Lipinski definition) is 1. The highest BCUT2D eigenvalue weighted by Gasteiger charge is 2.32. The van der Waals surface area contributed by atoms with Gasteiger partial charge in [0.15, 0.2) is 6.54 Å². The van der Waals surface area contributed by atoms with Crippen LogP contribution in [0.1, 0.15) is 48.8 Å². The van der Waals surface area contributed by atoms with Gasteiger partial charge in [-0.3, -0.25) is 4.79 Å². The summed E-state index contributed by atoms with van der Waals surface area (Å²) in [7, 11) is 0. The number of likely N-dealkylation sites (tertiary alicyclic amines) is 1. The standard InChI is InChI=1S/C24H32N2O/c1-4-26(18-23(27)25-24-19(2)10-8-11-20(24)3)16-9-14-22(15-17-26)21-12-6-5-7-13-21/h5-8,10-13,22H,4,9,14-18H2,1-3H3/p+1. The molecule has 0 aliphatic carbocycles. The van der Waals surface area contributed by atoms with Crippen molar-refractivity contribution in [3.05, 3.63) is 65.2 Å². The number of amides is 1. The average Bonchev–Trinajstić information content (AvgIpc) is 2.89. The molecule has 1 aliphatic rings. The van der Waals surface area contributed by atoms with Crippen LogP contribution in [-0.4, -0.2) is 36.6 Å². The summed E-state index contributed by atoms with van der Waals surface area (Å²) in [6.45, 7) is 10.1. The molecule has 1 aliphatic heterocycles. The molecule has 2 unspecified atom stereocenters. The van der Waals surface area contributed by atoms with E-state index in [1.807, 2.05) is 6.07 Å². The number of benzene rings is 2. The SMILES string of the molecule is CC[N+]1(CC(=O)Nc2c(C)cccc2C)CCCC(c2ccccc2)CC1. The molecular weight excluding hydrogens is 332 g/mol. The lowest BCUT2D eigenvalue weighted by Crippen LogP contribution is -2.52.